The van der Waals surface area contributed by atoms with Gasteiger partial charge >= 0.3 is 0 Å². The Morgan fingerprint density at radius 3 is 2.20 bits per heavy atom. The molecule has 0 aliphatic carbocycles. The Labute approximate surface area is 123 Å². The summed E-state index contributed by atoms with van der Waals surface area (Å²) in [6, 6.07) is 18.0. The monoisotopic (exact) mass is 267 g/mol. The van der Waals surface area contributed by atoms with E-state index in [1.165, 1.54) is 28.7 Å². The molecule has 1 heteroatoms. The van der Waals surface area contributed by atoms with Gasteiger partial charge in [-0.25, -0.2) is 0 Å². The van der Waals surface area contributed by atoms with E-state index >= 15 is 0 Å². The Hall–Kier alpha value is -1.60. The van der Waals surface area contributed by atoms with Gasteiger partial charge in [0.15, 0.2) is 0 Å². The van der Waals surface area contributed by atoms with Gasteiger partial charge < -0.3 is 5.32 Å². The van der Waals surface area contributed by atoms with Gasteiger partial charge in [0.1, 0.15) is 0 Å². The maximum Gasteiger partial charge on any atom is 0.0295 e. The van der Waals surface area contributed by atoms with E-state index in [9.17, 15) is 0 Å². The maximum absolute atomic E-state index is 3.33. The van der Waals surface area contributed by atoms with Crippen LogP contribution in [-0.2, 0) is 0 Å². The molecule has 0 bridgehead atoms. The van der Waals surface area contributed by atoms with Gasteiger partial charge in [-0.2, -0.15) is 0 Å². The Balaban J connectivity index is 2.37. The number of rotatable bonds is 5. The molecular weight excluding hydrogens is 242 g/mol. The summed E-state index contributed by atoms with van der Waals surface area (Å²) in [6.07, 6.45) is 1.19. The van der Waals surface area contributed by atoms with E-state index in [1.54, 1.807) is 0 Å². The Morgan fingerprint density at radius 2 is 1.60 bits per heavy atom. The first-order chi connectivity index (χ1) is 9.67. The van der Waals surface area contributed by atoms with E-state index in [1.807, 2.05) is 7.05 Å². The molecule has 0 heterocycles. The first kappa shape index (κ1) is 14.8. The van der Waals surface area contributed by atoms with Crippen LogP contribution in [0.1, 0.15) is 50.3 Å². The molecule has 1 nitrogen and oxygen atoms in total. The highest BCUT2D eigenvalue weighted by Gasteiger charge is 2.10. The second-order valence-corrected chi connectivity index (χ2v) is 5.53. The molecule has 1 N–H and O–H groups in total. The third-order valence-corrected chi connectivity index (χ3v) is 4.26. The summed E-state index contributed by atoms with van der Waals surface area (Å²) in [7, 11) is 2.01. The van der Waals surface area contributed by atoms with Crippen molar-refractivity contribution in [1.29, 1.82) is 0 Å². The van der Waals surface area contributed by atoms with Crippen molar-refractivity contribution in [1.82, 2.24) is 5.32 Å². The van der Waals surface area contributed by atoms with Crippen molar-refractivity contribution in [2.75, 3.05) is 7.05 Å². The molecule has 2 unspecified atom stereocenters. The van der Waals surface area contributed by atoms with Crippen LogP contribution in [0.2, 0.25) is 0 Å². The molecule has 2 rings (SSSR count). The van der Waals surface area contributed by atoms with Gasteiger partial charge in [0.05, 0.1) is 0 Å². The van der Waals surface area contributed by atoms with Crippen molar-refractivity contribution >= 4 is 0 Å². The molecule has 2 aromatic carbocycles. The van der Waals surface area contributed by atoms with Crippen molar-refractivity contribution < 1.29 is 0 Å². The van der Waals surface area contributed by atoms with E-state index in [2.05, 4.69) is 74.6 Å². The van der Waals surface area contributed by atoms with Crippen molar-refractivity contribution in [2.24, 2.45) is 0 Å². The molecular formula is C19H25N. The second kappa shape index (κ2) is 6.71. The molecule has 0 spiro atoms. The van der Waals surface area contributed by atoms with Gasteiger partial charge in [-0.05, 0) is 48.6 Å². The summed E-state index contributed by atoms with van der Waals surface area (Å²) in [5.41, 5.74) is 5.40. The van der Waals surface area contributed by atoms with Gasteiger partial charge in [0.2, 0.25) is 0 Å². The predicted octanol–water partition coefficient (Wildman–Crippen LogP) is 5.15. The second-order valence-electron chi connectivity index (χ2n) is 5.53. The maximum atomic E-state index is 3.33. The summed E-state index contributed by atoms with van der Waals surface area (Å²) >= 11 is 0. The average Bonchev–Trinajstić information content (AvgIpc) is 2.53. The van der Waals surface area contributed by atoms with E-state index in [0.29, 0.717) is 12.0 Å². The first-order valence-electron chi connectivity index (χ1n) is 7.53. The van der Waals surface area contributed by atoms with E-state index in [-0.39, 0.29) is 0 Å². The summed E-state index contributed by atoms with van der Waals surface area (Å²) in [5.74, 6) is 0.635. The first-order valence-corrected chi connectivity index (χ1v) is 7.53. The van der Waals surface area contributed by atoms with E-state index in [4.69, 9.17) is 0 Å². The van der Waals surface area contributed by atoms with Crippen LogP contribution < -0.4 is 5.32 Å². The average molecular weight is 267 g/mol. The van der Waals surface area contributed by atoms with Crippen molar-refractivity contribution in [3.05, 3.63) is 59.7 Å². The van der Waals surface area contributed by atoms with Crippen LogP contribution in [0.5, 0.6) is 0 Å². The molecule has 0 aliphatic heterocycles. The van der Waals surface area contributed by atoms with Crippen LogP contribution >= 0.6 is 0 Å². The van der Waals surface area contributed by atoms with Gasteiger partial charge in [-0.1, -0.05) is 62.4 Å². The fourth-order valence-electron chi connectivity index (χ4n) is 2.52. The fraction of sp³-hybridized carbons (Fsp3) is 0.368. The molecule has 0 aromatic heterocycles. The van der Waals surface area contributed by atoms with Crippen LogP contribution in [0.15, 0.2) is 48.5 Å². The molecule has 2 aromatic rings. The Bertz CT molecular complexity index is 542. The topological polar surface area (TPSA) is 12.0 Å². The van der Waals surface area contributed by atoms with Crippen molar-refractivity contribution in [3.63, 3.8) is 0 Å². The highest BCUT2D eigenvalue weighted by molar-refractivity contribution is 5.68. The molecule has 0 aliphatic rings. The summed E-state index contributed by atoms with van der Waals surface area (Å²) < 4.78 is 0. The minimum Gasteiger partial charge on any atom is -0.313 e. The molecule has 0 saturated heterocycles. The number of benzene rings is 2. The summed E-state index contributed by atoms with van der Waals surface area (Å²) in [6.45, 7) is 6.72. The molecule has 0 fully saturated rings. The molecule has 0 radical (unpaired) electrons. The molecule has 0 saturated carbocycles. The fourth-order valence-corrected chi connectivity index (χ4v) is 2.52. The Morgan fingerprint density at radius 1 is 0.950 bits per heavy atom. The highest BCUT2D eigenvalue weighted by Crippen LogP contribution is 2.29. The normalized spacial score (nSPS) is 14.0. The van der Waals surface area contributed by atoms with Gasteiger partial charge in [0, 0.05) is 6.04 Å². The zero-order valence-corrected chi connectivity index (χ0v) is 13.0. The van der Waals surface area contributed by atoms with Crippen LogP contribution in [0.3, 0.4) is 0 Å². The quantitative estimate of drug-likeness (QED) is 0.790. The summed E-state index contributed by atoms with van der Waals surface area (Å²) in [5, 5.41) is 3.33. The zero-order valence-electron chi connectivity index (χ0n) is 13.0. The molecule has 0 amide bonds. The molecule has 2 atom stereocenters. The standard InChI is InChI=1S/C19H25N/c1-5-14(2)16-10-12-17(13-11-16)19-9-7-6-8-18(19)15(3)20-4/h6-15,20H,5H2,1-4H3. The predicted molar refractivity (Wildman–Crippen MR) is 88.1 cm³/mol. The van der Waals surface area contributed by atoms with E-state index in [0.717, 1.165) is 0 Å². The highest BCUT2D eigenvalue weighted by atomic mass is 14.9. The Kier molecular flexibility index (Phi) is 4.97. The van der Waals surface area contributed by atoms with Crippen LogP contribution in [0, 0.1) is 0 Å². The van der Waals surface area contributed by atoms with Gasteiger partial charge in [-0.3, -0.25) is 0 Å². The number of nitrogens with one attached hydrogen (secondary N) is 1. The lowest BCUT2D eigenvalue weighted by Crippen LogP contribution is -2.13. The van der Waals surface area contributed by atoms with Gasteiger partial charge in [-0.15, -0.1) is 0 Å². The largest absolute Gasteiger partial charge is 0.313 e. The SMILES string of the molecule is CCC(C)c1ccc(-c2ccccc2C(C)NC)cc1. The number of hydrogen-bond acceptors (Lipinski definition) is 1. The van der Waals surface area contributed by atoms with Crippen LogP contribution in [-0.4, -0.2) is 7.05 Å². The molecule has 20 heavy (non-hydrogen) atoms. The zero-order chi connectivity index (χ0) is 14.5. The van der Waals surface area contributed by atoms with E-state index < -0.39 is 0 Å². The van der Waals surface area contributed by atoms with Crippen molar-refractivity contribution in [2.45, 2.75) is 39.2 Å². The lowest BCUT2D eigenvalue weighted by atomic mass is 9.92. The minimum absolute atomic E-state index is 0.362. The van der Waals surface area contributed by atoms with Crippen molar-refractivity contribution in [3.8, 4) is 11.1 Å². The lowest BCUT2D eigenvalue weighted by molar-refractivity contribution is 0.654. The van der Waals surface area contributed by atoms with Crippen LogP contribution in [0.25, 0.3) is 11.1 Å². The third-order valence-electron chi connectivity index (χ3n) is 4.26. The van der Waals surface area contributed by atoms with Crippen LogP contribution in [0.4, 0.5) is 0 Å². The smallest absolute Gasteiger partial charge is 0.0295 e. The third kappa shape index (κ3) is 3.10. The molecule has 106 valence electrons. The lowest BCUT2D eigenvalue weighted by Gasteiger charge is -2.17. The summed E-state index contributed by atoms with van der Waals surface area (Å²) in [4.78, 5) is 0. The minimum atomic E-state index is 0.362. The van der Waals surface area contributed by atoms with Gasteiger partial charge in [0.25, 0.3) is 0 Å². The number of hydrogen-bond donors (Lipinski definition) is 1.